The van der Waals surface area contributed by atoms with Crippen LogP contribution in [0.25, 0.3) is 0 Å². The van der Waals surface area contributed by atoms with Gasteiger partial charge in [0.25, 0.3) is 0 Å². The Balaban J connectivity index is 0.000000200. The van der Waals surface area contributed by atoms with Crippen molar-refractivity contribution in [3.63, 3.8) is 0 Å². The van der Waals surface area contributed by atoms with Gasteiger partial charge in [0.05, 0.1) is 10.6 Å². The molecule has 0 unspecified atom stereocenters. The van der Waals surface area contributed by atoms with Gasteiger partial charge in [-0.2, -0.15) is 0 Å². The van der Waals surface area contributed by atoms with Crippen molar-refractivity contribution in [2.45, 2.75) is 0 Å². The van der Waals surface area contributed by atoms with Crippen LogP contribution in [0.15, 0.2) is 48.5 Å². The highest BCUT2D eigenvalue weighted by Gasteiger charge is 2.02. The molecule has 0 saturated carbocycles. The molecule has 0 radical (unpaired) electrons. The van der Waals surface area contributed by atoms with Gasteiger partial charge in [0.15, 0.2) is 0 Å². The van der Waals surface area contributed by atoms with Gasteiger partial charge in [0.2, 0.25) is 11.8 Å². The van der Waals surface area contributed by atoms with Gasteiger partial charge in [0.1, 0.15) is 0 Å². The summed E-state index contributed by atoms with van der Waals surface area (Å²) in [6, 6.07) is 13.1. The number of primary amides is 2. The lowest BCUT2D eigenvalue weighted by Crippen LogP contribution is -2.10. The zero-order chi connectivity index (χ0) is 15.1. The molecule has 0 aliphatic carbocycles. The van der Waals surface area contributed by atoms with Gasteiger partial charge in [0, 0.05) is 10.6 Å². The predicted octanol–water partition coefficient (Wildman–Crippen LogP) is 2.88. The molecule has 0 atom stereocenters. The Bertz CT molecular complexity index is 613. The van der Waals surface area contributed by atoms with Gasteiger partial charge >= 0.3 is 0 Å². The Morgan fingerprint density at radius 1 is 0.800 bits per heavy atom. The fourth-order valence-electron chi connectivity index (χ4n) is 1.28. The summed E-state index contributed by atoms with van der Waals surface area (Å²) in [4.78, 5) is 21.1. The average Bonchev–Trinajstić information content (AvgIpc) is 2.40. The summed E-state index contributed by atoms with van der Waals surface area (Å²) in [5.74, 6) is -0.928. The minimum atomic E-state index is -0.495. The number of carbonyl (C=O) groups excluding carboxylic acids is 2. The second-order valence-corrected chi connectivity index (χ2v) is 4.56. The number of halogens is 2. The van der Waals surface area contributed by atoms with Crippen LogP contribution in [-0.4, -0.2) is 11.8 Å². The second-order valence-electron chi connectivity index (χ2n) is 3.72. The van der Waals surface area contributed by atoms with Gasteiger partial charge in [-0.1, -0.05) is 35.3 Å². The van der Waals surface area contributed by atoms with Gasteiger partial charge in [-0.05, 0) is 36.4 Å². The summed E-state index contributed by atoms with van der Waals surface area (Å²) in [7, 11) is 0. The van der Waals surface area contributed by atoms with Crippen LogP contribution in [0.5, 0.6) is 0 Å². The largest absolute Gasteiger partial charge is 0.366 e. The summed E-state index contributed by atoms with van der Waals surface area (Å²) in [5.41, 5.74) is 10.8. The van der Waals surface area contributed by atoms with Gasteiger partial charge < -0.3 is 11.5 Å². The molecule has 0 spiro atoms. The monoisotopic (exact) mass is 310 g/mol. The van der Waals surface area contributed by atoms with E-state index >= 15 is 0 Å². The second kappa shape index (κ2) is 7.53. The van der Waals surface area contributed by atoms with E-state index in [0.717, 1.165) is 0 Å². The lowest BCUT2D eigenvalue weighted by Gasteiger charge is -1.95. The maximum atomic E-state index is 10.6. The lowest BCUT2D eigenvalue weighted by atomic mass is 10.2. The van der Waals surface area contributed by atoms with Crippen molar-refractivity contribution < 1.29 is 9.59 Å². The average molecular weight is 311 g/mol. The van der Waals surface area contributed by atoms with Crippen molar-refractivity contribution in [1.29, 1.82) is 0 Å². The molecule has 2 rings (SSSR count). The topological polar surface area (TPSA) is 86.2 Å². The van der Waals surface area contributed by atoms with E-state index in [2.05, 4.69) is 0 Å². The van der Waals surface area contributed by atoms with Crippen molar-refractivity contribution in [2.75, 3.05) is 0 Å². The van der Waals surface area contributed by atoms with E-state index in [4.69, 9.17) is 34.7 Å². The van der Waals surface area contributed by atoms with Crippen LogP contribution >= 0.6 is 23.2 Å². The number of benzene rings is 2. The molecular weight excluding hydrogens is 299 g/mol. The lowest BCUT2D eigenvalue weighted by molar-refractivity contribution is 0.0992. The number of hydrogen-bond acceptors (Lipinski definition) is 2. The van der Waals surface area contributed by atoms with Crippen LogP contribution in [0.4, 0.5) is 0 Å². The highest BCUT2D eigenvalue weighted by molar-refractivity contribution is 6.33. The maximum absolute atomic E-state index is 10.6. The fraction of sp³-hybridized carbons (Fsp3) is 0. The Hall–Kier alpha value is -2.04. The molecule has 0 heterocycles. The quantitative estimate of drug-likeness (QED) is 0.893. The molecule has 4 nitrogen and oxygen atoms in total. The first-order chi connectivity index (χ1) is 9.41. The summed E-state index contributed by atoms with van der Waals surface area (Å²) in [6.45, 7) is 0. The van der Waals surface area contributed by atoms with Gasteiger partial charge in [-0.3, -0.25) is 9.59 Å². The molecule has 0 aliphatic heterocycles. The summed E-state index contributed by atoms with van der Waals surface area (Å²) >= 11 is 11.2. The Kier molecular flexibility index (Phi) is 6.03. The summed E-state index contributed by atoms with van der Waals surface area (Å²) in [5, 5.41) is 1.00. The van der Waals surface area contributed by atoms with E-state index in [9.17, 15) is 9.59 Å². The fourth-order valence-corrected chi connectivity index (χ4v) is 1.63. The minimum absolute atomic E-state index is 0.365. The van der Waals surface area contributed by atoms with Crippen LogP contribution in [-0.2, 0) is 0 Å². The van der Waals surface area contributed by atoms with E-state index in [1.807, 2.05) is 0 Å². The minimum Gasteiger partial charge on any atom is -0.366 e. The van der Waals surface area contributed by atoms with Crippen molar-refractivity contribution in [3.8, 4) is 0 Å². The molecule has 0 fully saturated rings. The van der Waals surface area contributed by atoms with Gasteiger partial charge in [-0.15, -0.1) is 0 Å². The number of carbonyl (C=O) groups is 2. The molecule has 0 aliphatic rings. The van der Waals surface area contributed by atoms with Crippen LogP contribution in [0, 0.1) is 0 Å². The smallest absolute Gasteiger partial charge is 0.250 e. The zero-order valence-electron chi connectivity index (χ0n) is 10.3. The zero-order valence-corrected chi connectivity index (χ0v) is 11.9. The molecule has 2 aromatic rings. The van der Waals surface area contributed by atoms with E-state index < -0.39 is 11.8 Å². The molecule has 20 heavy (non-hydrogen) atoms. The van der Waals surface area contributed by atoms with Crippen LogP contribution in [0.1, 0.15) is 20.7 Å². The molecular formula is C14H12Cl2N2O2. The maximum Gasteiger partial charge on any atom is 0.250 e. The molecule has 6 heteroatoms. The Labute approximate surface area is 126 Å². The third kappa shape index (κ3) is 4.91. The third-order valence-corrected chi connectivity index (χ3v) is 2.85. The molecule has 0 saturated heterocycles. The summed E-state index contributed by atoms with van der Waals surface area (Å²) in [6.07, 6.45) is 0. The van der Waals surface area contributed by atoms with Crippen molar-refractivity contribution in [2.24, 2.45) is 11.5 Å². The molecule has 104 valence electrons. The predicted molar refractivity (Wildman–Crippen MR) is 79.9 cm³/mol. The van der Waals surface area contributed by atoms with E-state index in [-0.39, 0.29) is 0 Å². The van der Waals surface area contributed by atoms with Crippen LogP contribution < -0.4 is 11.5 Å². The highest BCUT2D eigenvalue weighted by Crippen LogP contribution is 2.13. The Morgan fingerprint density at radius 3 is 1.75 bits per heavy atom. The first kappa shape index (κ1) is 16.0. The van der Waals surface area contributed by atoms with E-state index in [1.54, 1.807) is 48.5 Å². The van der Waals surface area contributed by atoms with Gasteiger partial charge in [-0.25, -0.2) is 0 Å². The van der Waals surface area contributed by atoms with E-state index in [1.165, 1.54) is 0 Å². The van der Waals surface area contributed by atoms with Crippen molar-refractivity contribution >= 4 is 35.0 Å². The molecule has 0 aromatic heterocycles. The SMILES string of the molecule is NC(=O)c1ccc(Cl)cc1.NC(=O)c1ccccc1Cl. The molecule has 4 N–H and O–H groups in total. The molecule has 2 amide bonds. The first-order valence-corrected chi connectivity index (χ1v) is 6.27. The third-order valence-electron chi connectivity index (χ3n) is 2.27. The number of rotatable bonds is 2. The van der Waals surface area contributed by atoms with Crippen LogP contribution in [0.3, 0.4) is 0 Å². The Morgan fingerprint density at radius 2 is 1.35 bits per heavy atom. The summed E-state index contributed by atoms with van der Waals surface area (Å²) < 4.78 is 0. The number of hydrogen-bond donors (Lipinski definition) is 2. The van der Waals surface area contributed by atoms with Crippen molar-refractivity contribution in [1.82, 2.24) is 0 Å². The normalized spacial score (nSPS) is 9.30. The molecule has 2 aromatic carbocycles. The van der Waals surface area contributed by atoms with Crippen LogP contribution in [0.2, 0.25) is 10.0 Å². The first-order valence-electron chi connectivity index (χ1n) is 5.51. The standard InChI is InChI=1S/2C7H6ClNO/c8-6-3-1-5(2-4-6)7(9)10;8-6-4-2-1-3-5(6)7(9)10/h2*1-4H,(H2,9,10). The highest BCUT2D eigenvalue weighted by atomic mass is 35.5. The number of nitrogens with two attached hydrogens (primary N) is 2. The number of amides is 2. The van der Waals surface area contributed by atoms with Crippen molar-refractivity contribution in [3.05, 3.63) is 69.7 Å². The molecule has 0 bridgehead atoms. The van der Waals surface area contributed by atoms with E-state index in [0.29, 0.717) is 21.2 Å².